The highest BCUT2D eigenvalue weighted by Gasteiger charge is 2.09. The lowest BCUT2D eigenvalue weighted by Crippen LogP contribution is -1.97. The summed E-state index contributed by atoms with van der Waals surface area (Å²) in [6.45, 7) is 0. The van der Waals surface area contributed by atoms with Crippen LogP contribution in [0.1, 0.15) is 0 Å². The minimum Gasteiger partial charge on any atom is -0.368 e. The standard InChI is InChI=1S/C11H8BrN5/c12-7-3-1-6(2-4-7)9-8-5-14-17-10(8)16-11(13)15-9/h1-5H,(H3,13,14,15,16,17). The maximum atomic E-state index is 5.67. The average molecular weight is 290 g/mol. The third kappa shape index (κ3) is 1.76. The molecule has 0 aliphatic heterocycles. The van der Waals surface area contributed by atoms with Crippen molar-refractivity contribution in [3.05, 3.63) is 34.9 Å². The molecule has 84 valence electrons. The van der Waals surface area contributed by atoms with Gasteiger partial charge in [0.25, 0.3) is 0 Å². The van der Waals surface area contributed by atoms with Crippen LogP contribution >= 0.6 is 15.9 Å². The van der Waals surface area contributed by atoms with Crippen LogP contribution in [-0.4, -0.2) is 20.2 Å². The number of H-pyrrole nitrogens is 1. The minimum atomic E-state index is 0.236. The number of fused-ring (bicyclic) bond motifs is 1. The second-order valence-corrected chi connectivity index (χ2v) is 4.49. The zero-order valence-electron chi connectivity index (χ0n) is 8.68. The van der Waals surface area contributed by atoms with E-state index in [0.29, 0.717) is 5.65 Å². The summed E-state index contributed by atoms with van der Waals surface area (Å²) >= 11 is 3.40. The monoisotopic (exact) mass is 289 g/mol. The molecule has 0 aliphatic carbocycles. The first-order valence-corrected chi connectivity index (χ1v) is 5.76. The Morgan fingerprint density at radius 1 is 1.12 bits per heavy atom. The number of rotatable bonds is 1. The third-order valence-corrected chi connectivity index (χ3v) is 2.97. The SMILES string of the molecule is Nc1nc(-c2ccc(Br)cc2)c2cn[nH]c2n1. The quantitative estimate of drug-likeness (QED) is 0.721. The highest BCUT2D eigenvalue weighted by atomic mass is 79.9. The minimum absolute atomic E-state index is 0.236. The molecule has 6 heteroatoms. The van der Waals surface area contributed by atoms with E-state index < -0.39 is 0 Å². The van der Waals surface area contributed by atoms with Crippen molar-refractivity contribution in [2.75, 3.05) is 5.73 Å². The molecule has 2 aromatic heterocycles. The van der Waals surface area contributed by atoms with Crippen LogP contribution in [0.4, 0.5) is 5.95 Å². The van der Waals surface area contributed by atoms with Crippen LogP contribution in [0, 0.1) is 0 Å². The van der Waals surface area contributed by atoms with Crippen LogP contribution in [-0.2, 0) is 0 Å². The van der Waals surface area contributed by atoms with Gasteiger partial charge in [0.05, 0.1) is 17.3 Å². The number of nitrogens with zero attached hydrogens (tertiary/aromatic N) is 3. The summed E-state index contributed by atoms with van der Waals surface area (Å²) in [5, 5.41) is 7.61. The molecule has 17 heavy (non-hydrogen) atoms. The molecule has 0 saturated heterocycles. The van der Waals surface area contributed by atoms with Crippen LogP contribution < -0.4 is 5.73 Å². The van der Waals surface area contributed by atoms with Crippen molar-refractivity contribution >= 4 is 32.9 Å². The van der Waals surface area contributed by atoms with Gasteiger partial charge in [-0.2, -0.15) is 10.1 Å². The van der Waals surface area contributed by atoms with E-state index in [2.05, 4.69) is 36.1 Å². The first kappa shape index (κ1) is 10.2. The largest absolute Gasteiger partial charge is 0.368 e. The van der Waals surface area contributed by atoms with Crippen molar-refractivity contribution in [3.8, 4) is 11.3 Å². The zero-order chi connectivity index (χ0) is 11.8. The predicted octanol–water partition coefficient (Wildman–Crippen LogP) is 2.36. The maximum Gasteiger partial charge on any atom is 0.222 e. The molecule has 0 saturated carbocycles. The Bertz CT molecular complexity index is 674. The maximum absolute atomic E-state index is 5.67. The number of hydrogen-bond donors (Lipinski definition) is 2. The van der Waals surface area contributed by atoms with E-state index in [-0.39, 0.29) is 5.95 Å². The number of aromatic nitrogens is 4. The van der Waals surface area contributed by atoms with Crippen LogP contribution in [0.5, 0.6) is 0 Å². The van der Waals surface area contributed by atoms with Crippen molar-refractivity contribution < 1.29 is 0 Å². The number of benzene rings is 1. The molecular weight excluding hydrogens is 282 g/mol. The van der Waals surface area contributed by atoms with Crippen LogP contribution in [0.25, 0.3) is 22.3 Å². The first-order chi connectivity index (χ1) is 8.24. The van der Waals surface area contributed by atoms with Gasteiger partial charge in [-0.3, -0.25) is 5.10 Å². The van der Waals surface area contributed by atoms with E-state index in [1.54, 1.807) is 6.20 Å². The summed E-state index contributed by atoms with van der Waals surface area (Å²) in [7, 11) is 0. The fraction of sp³-hybridized carbons (Fsp3) is 0. The third-order valence-electron chi connectivity index (χ3n) is 2.44. The number of aromatic amines is 1. The lowest BCUT2D eigenvalue weighted by Gasteiger charge is -2.03. The van der Waals surface area contributed by atoms with Gasteiger partial charge in [-0.1, -0.05) is 28.1 Å². The molecule has 0 unspecified atom stereocenters. The topological polar surface area (TPSA) is 80.5 Å². The number of nitrogens with one attached hydrogen (secondary N) is 1. The molecule has 0 atom stereocenters. The molecule has 3 N–H and O–H groups in total. The van der Waals surface area contributed by atoms with E-state index in [9.17, 15) is 0 Å². The molecule has 3 aromatic rings. The average Bonchev–Trinajstić information content (AvgIpc) is 2.77. The van der Waals surface area contributed by atoms with Gasteiger partial charge in [-0.15, -0.1) is 0 Å². The molecule has 0 bridgehead atoms. The molecule has 3 rings (SSSR count). The fourth-order valence-electron chi connectivity index (χ4n) is 1.68. The van der Waals surface area contributed by atoms with Crippen molar-refractivity contribution in [1.82, 2.24) is 20.2 Å². The Hall–Kier alpha value is -1.95. The molecule has 0 amide bonds. The lowest BCUT2D eigenvalue weighted by atomic mass is 10.1. The van der Waals surface area contributed by atoms with Gasteiger partial charge in [-0.05, 0) is 12.1 Å². The van der Waals surface area contributed by atoms with E-state index in [1.807, 2.05) is 24.3 Å². The van der Waals surface area contributed by atoms with Gasteiger partial charge < -0.3 is 5.73 Å². The highest BCUT2D eigenvalue weighted by Crippen LogP contribution is 2.26. The highest BCUT2D eigenvalue weighted by molar-refractivity contribution is 9.10. The second kappa shape index (κ2) is 3.81. The van der Waals surface area contributed by atoms with E-state index >= 15 is 0 Å². The van der Waals surface area contributed by atoms with Crippen LogP contribution in [0.3, 0.4) is 0 Å². The number of halogens is 1. The van der Waals surface area contributed by atoms with Gasteiger partial charge >= 0.3 is 0 Å². The Morgan fingerprint density at radius 3 is 2.65 bits per heavy atom. The van der Waals surface area contributed by atoms with E-state index in [0.717, 1.165) is 21.1 Å². The summed E-state index contributed by atoms with van der Waals surface area (Å²) < 4.78 is 1.02. The van der Waals surface area contributed by atoms with Crippen molar-refractivity contribution in [1.29, 1.82) is 0 Å². The number of nitrogens with two attached hydrogens (primary N) is 1. The fourth-order valence-corrected chi connectivity index (χ4v) is 1.94. The Balaban J connectivity index is 2.28. The second-order valence-electron chi connectivity index (χ2n) is 3.57. The van der Waals surface area contributed by atoms with Gasteiger partial charge in [0.2, 0.25) is 5.95 Å². The Labute approximate surface area is 105 Å². The number of anilines is 1. The summed E-state index contributed by atoms with van der Waals surface area (Å²) in [6, 6.07) is 7.86. The number of hydrogen-bond acceptors (Lipinski definition) is 4. The molecule has 0 fully saturated rings. The molecule has 2 heterocycles. The van der Waals surface area contributed by atoms with Gasteiger partial charge in [0, 0.05) is 10.0 Å². The van der Waals surface area contributed by atoms with Crippen LogP contribution in [0.2, 0.25) is 0 Å². The van der Waals surface area contributed by atoms with E-state index in [1.165, 1.54) is 0 Å². The Kier molecular flexibility index (Phi) is 2.29. The predicted molar refractivity (Wildman–Crippen MR) is 69.2 cm³/mol. The number of nitrogen functional groups attached to an aromatic ring is 1. The van der Waals surface area contributed by atoms with Crippen LogP contribution in [0.15, 0.2) is 34.9 Å². The summed E-state index contributed by atoms with van der Waals surface area (Å²) in [5.41, 5.74) is 8.09. The van der Waals surface area contributed by atoms with Gasteiger partial charge in [-0.25, -0.2) is 4.98 Å². The summed E-state index contributed by atoms with van der Waals surface area (Å²) in [4.78, 5) is 8.34. The van der Waals surface area contributed by atoms with Gasteiger partial charge in [0.1, 0.15) is 0 Å². The smallest absolute Gasteiger partial charge is 0.222 e. The summed E-state index contributed by atoms with van der Waals surface area (Å²) in [6.07, 6.45) is 1.70. The van der Waals surface area contributed by atoms with Crippen molar-refractivity contribution in [2.45, 2.75) is 0 Å². The molecular formula is C11H8BrN5. The normalized spacial score (nSPS) is 10.9. The van der Waals surface area contributed by atoms with E-state index in [4.69, 9.17) is 5.73 Å². The van der Waals surface area contributed by atoms with Crippen molar-refractivity contribution in [2.24, 2.45) is 0 Å². The van der Waals surface area contributed by atoms with Crippen molar-refractivity contribution in [3.63, 3.8) is 0 Å². The summed E-state index contributed by atoms with van der Waals surface area (Å²) in [5.74, 6) is 0.236. The first-order valence-electron chi connectivity index (χ1n) is 4.96. The molecule has 0 aliphatic rings. The molecule has 5 nitrogen and oxygen atoms in total. The Morgan fingerprint density at radius 2 is 1.88 bits per heavy atom. The molecule has 0 radical (unpaired) electrons. The molecule has 1 aromatic carbocycles. The zero-order valence-corrected chi connectivity index (χ0v) is 10.3. The van der Waals surface area contributed by atoms with Gasteiger partial charge in [0.15, 0.2) is 5.65 Å². The molecule has 0 spiro atoms. The lowest BCUT2D eigenvalue weighted by molar-refractivity contribution is 1.09.